The molecule has 0 radical (unpaired) electrons. The molecule has 0 bridgehead atoms. The van der Waals surface area contributed by atoms with E-state index in [1.165, 1.54) is 16.8 Å². The SMILES string of the molecule is CCC(C)NC(=O)c1ccc(=O)n(CC)n1. The summed E-state index contributed by atoms with van der Waals surface area (Å²) in [5.41, 5.74) is 0.0874. The number of carbonyl (C=O) groups is 1. The average Bonchev–Trinajstić information content (AvgIpc) is 2.29. The van der Waals surface area contributed by atoms with E-state index >= 15 is 0 Å². The first-order chi connectivity index (χ1) is 7.58. The largest absolute Gasteiger partial charge is 0.348 e. The standard InChI is InChI=1S/C11H17N3O2/c1-4-8(3)12-11(16)9-6-7-10(15)14(5-2)13-9/h6-8H,4-5H2,1-3H3,(H,12,16). The molecule has 16 heavy (non-hydrogen) atoms. The van der Waals surface area contributed by atoms with Crippen molar-refractivity contribution >= 4 is 5.91 Å². The van der Waals surface area contributed by atoms with E-state index in [2.05, 4.69) is 10.4 Å². The quantitative estimate of drug-likeness (QED) is 0.820. The molecule has 5 nitrogen and oxygen atoms in total. The summed E-state index contributed by atoms with van der Waals surface area (Å²) in [5.74, 6) is -0.239. The van der Waals surface area contributed by atoms with Crippen LogP contribution in [0.1, 0.15) is 37.7 Å². The first kappa shape index (κ1) is 12.4. The highest BCUT2D eigenvalue weighted by atomic mass is 16.2. The Labute approximate surface area is 94.5 Å². The molecule has 1 aromatic heterocycles. The fourth-order valence-corrected chi connectivity index (χ4v) is 1.20. The molecule has 0 aromatic carbocycles. The molecular weight excluding hydrogens is 206 g/mol. The van der Waals surface area contributed by atoms with Gasteiger partial charge in [0.25, 0.3) is 11.5 Å². The number of carbonyl (C=O) groups excluding carboxylic acids is 1. The van der Waals surface area contributed by atoms with E-state index in [9.17, 15) is 9.59 Å². The van der Waals surface area contributed by atoms with Crippen molar-refractivity contribution in [1.29, 1.82) is 0 Å². The zero-order chi connectivity index (χ0) is 12.1. The molecule has 1 amide bonds. The number of amides is 1. The third-order valence-corrected chi connectivity index (χ3v) is 2.39. The Morgan fingerprint density at radius 1 is 1.50 bits per heavy atom. The summed E-state index contributed by atoms with van der Waals surface area (Å²) < 4.78 is 1.27. The van der Waals surface area contributed by atoms with Crippen LogP contribution in [0.2, 0.25) is 0 Å². The van der Waals surface area contributed by atoms with Gasteiger partial charge in [0.15, 0.2) is 0 Å². The van der Waals surface area contributed by atoms with E-state index in [0.717, 1.165) is 6.42 Å². The van der Waals surface area contributed by atoms with Gasteiger partial charge in [-0.3, -0.25) is 9.59 Å². The van der Waals surface area contributed by atoms with Gasteiger partial charge in [0, 0.05) is 18.7 Å². The minimum atomic E-state index is -0.239. The van der Waals surface area contributed by atoms with Crippen LogP contribution < -0.4 is 10.9 Å². The van der Waals surface area contributed by atoms with E-state index in [1.807, 2.05) is 20.8 Å². The molecule has 5 heteroatoms. The lowest BCUT2D eigenvalue weighted by atomic mass is 10.2. The van der Waals surface area contributed by atoms with E-state index in [0.29, 0.717) is 6.54 Å². The molecule has 1 heterocycles. The molecule has 0 aliphatic carbocycles. The van der Waals surface area contributed by atoms with Gasteiger partial charge in [-0.05, 0) is 26.3 Å². The number of hydrogen-bond acceptors (Lipinski definition) is 3. The fraction of sp³-hybridized carbons (Fsp3) is 0.545. The molecule has 1 aromatic rings. The van der Waals surface area contributed by atoms with Gasteiger partial charge < -0.3 is 5.32 Å². The fourth-order valence-electron chi connectivity index (χ4n) is 1.20. The lowest BCUT2D eigenvalue weighted by Gasteiger charge is -2.11. The molecule has 0 fully saturated rings. The van der Waals surface area contributed by atoms with Gasteiger partial charge in [0.1, 0.15) is 5.69 Å². The van der Waals surface area contributed by atoms with Gasteiger partial charge in [0.05, 0.1) is 0 Å². The predicted octanol–water partition coefficient (Wildman–Crippen LogP) is 0.791. The van der Waals surface area contributed by atoms with Gasteiger partial charge in [-0.1, -0.05) is 6.92 Å². The van der Waals surface area contributed by atoms with Crippen molar-refractivity contribution < 1.29 is 4.79 Å². The molecule has 1 rings (SSSR count). The zero-order valence-corrected chi connectivity index (χ0v) is 9.86. The van der Waals surface area contributed by atoms with Gasteiger partial charge in [-0.2, -0.15) is 5.10 Å². The topological polar surface area (TPSA) is 64.0 Å². The highest BCUT2D eigenvalue weighted by Crippen LogP contribution is 1.94. The van der Waals surface area contributed by atoms with Crippen molar-refractivity contribution in [2.75, 3.05) is 0 Å². The Balaban J connectivity index is 2.88. The van der Waals surface area contributed by atoms with Crippen molar-refractivity contribution in [3.8, 4) is 0 Å². The van der Waals surface area contributed by atoms with Crippen LogP contribution in [-0.2, 0) is 6.54 Å². The lowest BCUT2D eigenvalue weighted by Crippen LogP contribution is -2.34. The molecule has 0 aliphatic rings. The normalized spacial score (nSPS) is 12.2. The maximum absolute atomic E-state index is 11.7. The third-order valence-electron chi connectivity index (χ3n) is 2.39. The second-order valence-electron chi connectivity index (χ2n) is 3.66. The molecule has 1 N–H and O–H groups in total. The van der Waals surface area contributed by atoms with Crippen molar-refractivity contribution in [3.05, 3.63) is 28.2 Å². The van der Waals surface area contributed by atoms with Crippen molar-refractivity contribution in [1.82, 2.24) is 15.1 Å². The van der Waals surface area contributed by atoms with Crippen molar-refractivity contribution in [2.24, 2.45) is 0 Å². The minimum absolute atomic E-state index is 0.108. The van der Waals surface area contributed by atoms with E-state index < -0.39 is 0 Å². The number of hydrogen-bond donors (Lipinski definition) is 1. The maximum Gasteiger partial charge on any atom is 0.271 e. The number of rotatable bonds is 4. The maximum atomic E-state index is 11.7. The van der Waals surface area contributed by atoms with Gasteiger partial charge in [-0.25, -0.2) is 4.68 Å². The molecular formula is C11H17N3O2. The Morgan fingerprint density at radius 3 is 2.75 bits per heavy atom. The molecule has 0 saturated heterocycles. The average molecular weight is 223 g/mol. The van der Waals surface area contributed by atoms with Gasteiger partial charge in [-0.15, -0.1) is 0 Å². The number of aromatic nitrogens is 2. The van der Waals surface area contributed by atoms with Crippen molar-refractivity contribution in [3.63, 3.8) is 0 Å². The Morgan fingerprint density at radius 2 is 2.19 bits per heavy atom. The first-order valence-electron chi connectivity index (χ1n) is 5.47. The van der Waals surface area contributed by atoms with Crippen molar-refractivity contribution in [2.45, 2.75) is 39.8 Å². The number of nitrogens with zero attached hydrogens (tertiary/aromatic N) is 2. The van der Waals surface area contributed by atoms with Crippen LogP contribution in [-0.4, -0.2) is 21.7 Å². The van der Waals surface area contributed by atoms with Crippen LogP contribution in [0.15, 0.2) is 16.9 Å². The smallest absolute Gasteiger partial charge is 0.271 e. The summed E-state index contributed by atoms with van der Waals surface area (Å²) in [5, 5.41) is 6.77. The summed E-state index contributed by atoms with van der Waals surface area (Å²) in [7, 11) is 0. The first-order valence-corrected chi connectivity index (χ1v) is 5.47. The van der Waals surface area contributed by atoms with E-state index in [-0.39, 0.29) is 23.2 Å². The summed E-state index contributed by atoms with van der Waals surface area (Å²) >= 11 is 0. The van der Waals surface area contributed by atoms with Crippen LogP contribution in [0.3, 0.4) is 0 Å². The molecule has 0 spiro atoms. The second-order valence-corrected chi connectivity index (χ2v) is 3.66. The molecule has 0 aliphatic heterocycles. The molecule has 1 unspecified atom stereocenters. The van der Waals surface area contributed by atoms with Crippen LogP contribution >= 0.6 is 0 Å². The Bertz CT molecular complexity index is 425. The second kappa shape index (κ2) is 5.44. The summed E-state index contributed by atoms with van der Waals surface area (Å²) in [6.07, 6.45) is 0.860. The Kier molecular flexibility index (Phi) is 4.22. The zero-order valence-electron chi connectivity index (χ0n) is 9.86. The highest BCUT2D eigenvalue weighted by Gasteiger charge is 2.10. The predicted molar refractivity (Wildman–Crippen MR) is 61.4 cm³/mol. The Hall–Kier alpha value is -1.65. The van der Waals surface area contributed by atoms with Crippen LogP contribution in [0.4, 0.5) is 0 Å². The van der Waals surface area contributed by atoms with Gasteiger partial charge >= 0.3 is 0 Å². The molecule has 0 saturated carbocycles. The monoisotopic (exact) mass is 223 g/mol. The van der Waals surface area contributed by atoms with Crippen LogP contribution in [0.25, 0.3) is 0 Å². The summed E-state index contributed by atoms with van der Waals surface area (Å²) in [6.45, 7) is 6.19. The third kappa shape index (κ3) is 2.92. The van der Waals surface area contributed by atoms with E-state index in [1.54, 1.807) is 0 Å². The van der Waals surface area contributed by atoms with E-state index in [4.69, 9.17) is 0 Å². The highest BCUT2D eigenvalue weighted by molar-refractivity contribution is 5.92. The van der Waals surface area contributed by atoms with Crippen LogP contribution in [0.5, 0.6) is 0 Å². The summed E-state index contributed by atoms with van der Waals surface area (Å²) in [4.78, 5) is 23.0. The summed E-state index contributed by atoms with van der Waals surface area (Å²) in [6, 6.07) is 2.92. The number of nitrogens with one attached hydrogen (secondary N) is 1. The molecule has 1 atom stereocenters. The lowest BCUT2D eigenvalue weighted by molar-refractivity contribution is 0.0931. The van der Waals surface area contributed by atoms with Gasteiger partial charge in [0.2, 0.25) is 0 Å². The van der Waals surface area contributed by atoms with Crippen LogP contribution in [0, 0.1) is 0 Å². The number of aryl methyl sites for hydroxylation is 1. The minimum Gasteiger partial charge on any atom is -0.348 e. The molecule has 88 valence electrons.